The van der Waals surface area contributed by atoms with E-state index in [4.69, 9.17) is 5.84 Å². The molecule has 0 aliphatic heterocycles. The van der Waals surface area contributed by atoms with Crippen molar-refractivity contribution in [3.63, 3.8) is 0 Å². The highest BCUT2D eigenvalue weighted by Crippen LogP contribution is 2.34. The largest absolute Gasteiger partial charge is 0.271 e. The molecule has 0 amide bonds. The Balaban J connectivity index is 1.83. The molecular weight excluding hydrogens is 220 g/mol. The van der Waals surface area contributed by atoms with E-state index in [1.165, 1.54) is 70.6 Å². The Hall–Kier alpha value is -0.0800. The Morgan fingerprint density at radius 1 is 1.00 bits per heavy atom. The van der Waals surface area contributed by atoms with Gasteiger partial charge in [0.1, 0.15) is 0 Å². The van der Waals surface area contributed by atoms with Gasteiger partial charge in [-0.2, -0.15) is 0 Å². The number of hydrazine groups is 1. The predicted molar refractivity (Wildman–Crippen MR) is 78.0 cm³/mol. The molecule has 2 fully saturated rings. The van der Waals surface area contributed by atoms with E-state index < -0.39 is 0 Å². The van der Waals surface area contributed by atoms with E-state index in [9.17, 15) is 0 Å². The molecule has 18 heavy (non-hydrogen) atoms. The lowest BCUT2D eigenvalue weighted by molar-refractivity contribution is 0.194. The van der Waals surface area contributed by atoms with E-state index >= 15 is 0 Å². The first-order valence-corrected chi connectivity index (χ1v) is 8.25. The Morgan fingerprint density at radius 2 is 1.72 bits per heavy atom. The average molecular weight is 252 g/mol. The second-order valence-corrected chi connectivity index (χ2v) is 6.90. The summed E-state index contributed by atoms with van der Waals surface area (Å²) < 4.78 is 0. The van der Waals surface area contributed by atoms with Crippen LogP contribution >= 0.6 is 0 Å². The van der Waals surface area contributed by atoms with Crippen LogP contribution in [-0.2, 0) is 0 Å². The lowest BCUT2D eigenvalue weighted by Crippen LogP contribution is -2.43. The predicted octanol–water partition coefficient (Wildman–Crippen LogP) is 4.01. The second kappa shape index (κ2) is 7.49. The zero-order chi connectivity index (χ0) is 12.8. The summed E-state index contributed by atoms with van der Waals surface area (Å²) in [6, 6.07) is 0.579. The molecule has 0 bridgehead atoms. The Bertz CT molecular complexity index is 221. The molecule has 0 spiro atoms. The van der Waals surface area contributed by atoms with Crippen LogP contribution in [0.2, 0.25) is 0 Å². The summed E-state index contributed by atoms with van der Waals surface area (Å²) in [5, 5.41) is 0. The van der Waals surface area contributed by atoms with Crippen molar-refractivity contribution in [1.82, 2.24) is 5.43 Å². The van der Waals surface area contributed by atoms with Gasteiger partial charge >= 0.3 is 0 Å². The van der Waals surface area contributed by atoms with Crippen molar-refractivity contribution in [3.8, 4) is 0 Å². The van der Waals surface area contributed by atoms with Gasteiger partial charge in [-0.25, -0.2) is 0 Å². The third-order valence-electron chi connectivity index (χ3n) is 5.32. The quantitative estimate of drug-likeness (QED) is 0.451. The minimum Gasteiger partial charge on any atom is -0.271 e. The summed E-state index contributed by atoms with van der Waals surface area (Å²) >= 11 is 0. The van der Waals surface area contributed by atoms with Crippen molar-refractivity contribution in [2.24, 2.45) is 23.6 Å². The van der Waals surface area contributed by atoms with Crippen LogP contribution in [0.25, 0.3) is 0 Å². The molecule has 2 nitrogen and oxygen atoms in total. The summed E-state index contributed by atoms with van der Waals surface area (Å²) in [5.74, 6) is 8.54. The zero-order valence-electron chi connectivity index (χ0n) is 12.2. The van der Waals surface area contributed by atoms with Crippen molar-refractivity contribution in [1.29, 1.82) is 0 Å². The van der Waals surface area contributed by atoms with E-state index in [-0.39, 0.29) is 0 Å². The molecule has 2 saturated carbocycles. The van der Waals surface area contributed by atoms with Gasteiger partial charge in [-0.1, -0.05) is 58.3 Å². The number of nitrogens with one attached hydrogen (secondary N) is 1. The first-order chi connectivity index (χ1) is 8.79. The van der Waals surface area contributed by atoms with Gasteiger partial charge in [0.25, 0.3) is 0 Å². The lowest BCUT2D eigenvalue weighted by Gasteiger charge is -2.34. The van der Waals surface area contributed by atoms with Gasteiger partial charge in [-0.15, -0.1) is 0 Å². The van der Waals surface area contributed by atoms with Gasteiger partial charge in [-0.3, -0.25) is 11.3 Å². The van der Waals surface area contributed by atoms with E-state index in [0.717, 1.165) is 17.8 Å². The third-order valence-corrected chi connectivity index (χ3v) is 5.32. The molecular formula is C16H32N2. The summed E-state index contributed by atoms with van der Waals surface area (Å²) in [6.45, 7) is 2.41. The smallest absolute Gasteiger partial charge is 0.0241 e. The molecule has 3 unspecified atom stereocenters. The Labute approximate surface area is 113 Å². The van der Waals surface area contributed by atoms with Gasteiger partial charge in [0.2, 0.25) is 0 Å². The standard InChI is InChI=1S/C16H32N2/c1-13-7-6-10-15(11-13)16(18-17)12-14-8-4-2-3-5-9-14/h13-16,18H,2-12,17H2,1H3. The maximum atomic E-state index is 5.86. The molecule has 0 aromatic rings. The number of nitrogens with two attached hydrogens (primary N) is 1. The van der Waals surface area contributed by atoms with Crippen LogP contribution in [0.4, 0.5) is 0 Å². The molecule has 0 aromatic carbocycles. The maximum Gasteiger partial charge on any atom is 0.0241 e. The molecule has 0 aromatic heterocycles. The van der Waals surface area contributed by atoms with E-state index in [0.29, 0.717) is 6.04 Å². The molecule has 2 rings (SSSR count). The second-order valence-electron chi connectivity index (χ2n) is 6.90. The molecule has 2 aliphatic rings. The lowest BCUT2D eigenvalue weighted by atomic mass is 9.76. The fraction of sp³-hybridized carbons (Fsp3) is 1.00. The van der Waals surface area contributed by atoms with Gasteiger partial charge in [-0.05, 0) is 37.0 Å². The van der Waals surface area contributed by atoms with Crippen molar-refractivity contribution in [3.05, 3.63) is 0 Å². The summed E-state index contributed by atoms with van der Waals surface area (Å²) in [4.78, 5) is 0. The van der Waals surface area contributed by atoms with Crippen LogP contribution in [0.15, 0.2) is 0 Å². The zero-order valence-corrected chi connectivity index (χ0v) is 12.2. The third kappa shape index (κ3) is 4.24. The Morgan fingerprint density at radius 3 is 2.33 bits per heavy atom. The van der Waals surface area contributed by atoms with Crippen molar-refractivity contribution >= 4 is 0 Å². The summed E-state index contributed by atoms with van der Waals surface area (Å²) in [7, 11) is 0. The molecule has 0 saturated heterocycles. The molecule has 2 heteroatoms. The number of hydrogen-bond donors (Lipinski definition) is 2. The molecule has 0 radical (unpaired) electrons. The monoisotopic (exact) mass is 252 g/mol. The summed E-state index contributed by atoms with van der Waals surface area (Å²) in [6.07, 6.45) is 15.6. The van der Waals surface area contributed by atoms with Crippen molar-refractivity contribution in [2.45, 2.75) is 83.6 Å². The number of rotatable bonds is 4. The molecule has 3 N–H and O–H groups in total. The molecule has 2 aliphatic carbocycles. The first kappa shape index (κ1) is 14.3. The SMILES string of the molecule is CC1CCCC(C(CC2CCCCCC2)NN)C1. The topological polar surface area (TPSA) is 38.0 Å². The van der Waals surface area contributed by atoms with Crippen molar-refractivity contribution < 1.29 is 0 Å². The highest BCUT2D eigenvalue weighted by molar-refractivity contribution is 4.82. The normalized spacial score (nSPS) is 33.0. The summed E-state index contributed by atoms with van der Waals surface area (Å²) in [5.41, 5.74) is 3.16. The van der Waals surface area contributed by atoms with Crippen LogP contribution in [0.5, 0.6) is 0 Å². The van der Waals surface area contributed by atoms with Gasteiger partial charge < -0.3 is 0 Å². The van der Waals surface area contributed by atoms with Crippen LogP contribution in [-0.4, -0.2) is 6.04 Å². The van der Waals surface area contributed by atoms with Crippen LogP contribution < -0.4 is 11.3 Å². The van der Waals surface area contributed by atoms with E-state index in [2.05, 4.69) is 12.3 Å². The minimum atomic E-state index is 0.579. The van der Waals surface area contributed by atoms with Crippen LogP contribution in [0.1, 0.15) is 77.6 Å². The highest BCUT2D eigenvalue weighted by atomic mass is 15.2. The highest BCUT2D eigenvalue weighted by Gasteiger charge is 2.28. The van der Waals surface area contributed by atoms with Gasteiger partial charge in [0.05, 0.1) is 0 Å². The van der Waals surface area contributed by atoms with Crippen molar-refractivity contribution in [2.75, 3.05) is 0 Å². The molecule has 106 valence electrons. The van der Waals surface area contributed by atoms with E-state index in [1.807, 2.05) is 0 Å². The maximum absolute atomic E-state index is 5.86. The number of hydrogen-bond acceptors (Lipinski definition) is 2. The van der Waals surface area contributed by atoms with Crippen LogP contribution in [0, 0.1) is 17.8 Å². The fourth-order valence-electron chi connectivity index (χ4n) is 4.20. The minimum absolute atomic E-state index is 0.579. The Kier molecular flexibility index (Phi) is 5.97. The fourth-order valence-corrected chi connectivity index (χ4v) is 4.20. The van der Waals surface area contributed by atoms with Crippen LogP contribution in [0.3, 0.4) is 0 Å². The first-order valence-electron chi connectivity index (χ1n) is 8.25. The van der Waals surface area contributed by atoms with E-state index in [1.54, 1.807) is 0 Å². The molecule has 3 atom stereocenters. The van der Waals surface area contributed by atoms with Gasteiger partial charge in [0.15, 0.2) is 0 Å². The molecule has 0 heterocycles. The average Bonchev–Trinajstić information content (AvgIpc) is 2.64. The van der Waals surface area contributed by atoms with Gasteiger partial charge in [0, 0.05) is 6.04 Å².